The maximum atomic E-state index is 12.1. The van der Waals surface area contributed by atoms with Crippen molar-refractivity contribution in [3.8, 4) is 5.75 Å². The van der Waals surface area contributed by atoms with E-state index in [4.69, 9.17) is 13.9 Å². The van der Waals surface area contributed by atoms with Crippen molar-refractivity contribution in [1.29, 1.82) is 0 Å². The fraction of sp³-hybridized carbons (Fsp3) is 0.375. The summed E-state index contributed by atoms with van der Waals surface area (Å²) in [4.78, 5) is 16.3. The van der Waals surface area contributed by atoms with Gasteiger partial charge in [0.25, 0.3) is 5.91 Å². The van der Waals surface area contributed by atoms with E-state index in [-0.39, 0.29) is 18.1 Å². The van der Waals surface area contributed by atoms with Crippen LogP contribution in [0.3, 0.4) is 0 Å². The molecule has 1 aliphatic rings. The SMILES string of the molecule is Cc1ccc(O[C@H]2CCOC[C@H]2NC(=O)c2ccoc2)cn1. The molecule has 116 valence electrons. The highest BCUT2D eigenvalue weighted by molar-refractivity contribution is 5.94. The molecular formula is C16H18N2O4. The third-order valence-electron chi connectivity index (χ3n) is 3.56. The first-order valence-corrected chi connectivity index (χ1v) is 7.22. The Hall–Kier alpha value is -2.34. The summed E-state index contributed by atoms with van der Waals surface area (Å²) in [5.74, 6) is 0.500. The monoisotopic (exact) mass is 302 g/mol. The number of hydrogen-bond acceptors (Lipinski definition) is 5. The van der Waals surface area contributed by atoms with Crippen LogP contribution in [-0.4, -0.2) is 36.3 Å². The molecule has 1 aliphatic heterocycles. The van der Waals surface area contributed by atoms with E-state index in [0.29, 0.717) is 30.9 Å². The van der Waals surface area contributed by atoms with Gasteiger partial charge >= 0.3 is 0 Å². The van der Waals surface area contributed by atoms with Crippen LogP contribution in [-0.2, 0) is 4.74 Å². The van der Waals surface area contributed by atoms with E-state index in [2.05, 4.69) is 10.3 Å². The molecule has 0 unspecified atom stereocenters. The number of ether oxygens (including phenoxy) is 2. The Kier molecular flexibility index (Phi) is 4.39. The van der Waals surface area contributed by atoms with Crippen molar-refractivity contribution in [1.82, 2.24) is 10.3 Å². The van der Waals surface area contributed by atoms with Crippen LogP contribution >= 0.6 is 0 Å². The number of amides is 1. The van der Waals surface area contributed by atoms with Crippen molar-refractivity contribution in [2.75, 3.05) is 13.2 Å². The van der Waals surface area contributed by atoms with Gasteiger partial charge in [0.2, 0.25) is 0 Å². The minimum absolute atomic E-state index is 0.144. The molecule has 0 bridgehead atoms. The zero-order chi connectivity index (χ0) is 15.4. The van der Waals surface area contributed by atoms with Gasteiger partial charge in [0.15, 0.2) is 0 Å². The van der Waals surface area contributed by atoms with Gasteiger partial charge in [-0.3, -0.25) is 9.78 Å². The molecule has 6 heteroatoms. The number of hydrogen-bond donors (Lipinski definition) is 1. The summed E-state index contributed by atoms with van der Waals surface area (Å²) < 4.78 is 16.3. The Morgan fingerprint density at radius 2 is 2.32 bits per heavy atom. The Morgan fingerprint density at radius 1 is 1.41 bits per heavy atom. The zero-order valence-corrected chi connectivity index (χ0v) is 12.3. The van der Waals surface area contributed by atoms with Gasteiger partial charge < -0.3 is 19.2 Å². The van der Waals surface area contributed by atoms with Gasteiger partial charge in [-0.2, -0.15) is 0 Å². The van der Waals surface area contributed by atoms with Crippen molar-refractivity contribution in [2.45, 2.75) is 25.5 Å². The number of furan rings is 1. The molecular weight excluding hydrogens is 284 g/mol. The van der Waals surface area contributed by atoms with Crippen molar-refractivity contribution in [3.05, 3.63) is 48.2 Å². The molecule has 2 aromatic heterocycles. The molecule has 0 spiro atoms. The molecule has 1 N–H and O–H groups in total. The maximum Gasteiger partial charge on any atom is 0.254 e. The lowest BCUT2D eigenvalue weighted by Gasteiger charge is -2.32. The predicted molar refractivity (Wildman–Crippen MR) is 78.8 cm³/mol. The minimum Gasteiger partial charge on any atom is -0.486 e. The summed E-state index contributed by atoms with van der Waals surface area (Å²) in [6.45, 7) is 2.96. The van der Waals surface area contributed by atoms with Crippen molar-refractivity contribution >= 4 is 5.91 Å². The third-order valence-corrected chi connectivity index (χ3v) is 3.56. The molecule has 6 nitrogen and oxygen atoms in total. The fourth-order valence-corrected chi connectivity index (χ4v) is 2.34. The van der Waals surface area contributed by atoms with Crippen LogP contribution in [0, 0.1) is 6.92 Å². The number of pyridine rings is 1. The topological polar surface area (TPSA) is 73.6 Å². The van der Waals surface area contributed by atoms with Crippen LogP contribution < -0.4 is 10.1 Å². The van der Waals surface area contributed by atoms with E-state index < -0.39 is 0 Å². The number of rotatable bonds is 4. The summed E-state index contributed by atoms with van der Waals surface area (Å²) in [6.07, 6.45) is 5.15. The zero-order valence-electron chi connectivity index (χ0n) is 12.3. The molecule has 1 saturated heterocycles. The molecule has 2 atom stereocenters. The molecule has 1 amide bonds. The molecule has 2 aromatic rings. The van der Waals surface area contributed by atoms with Gasteiger partial charge in [0, 0.05) is 12.1 Å². The lowest BCUT2D eigenvalue weighted by atomic mass is 10.1. The molecule has 0 aliphatic carbocycles. The number of nitrogens with zero attached hydrogens (tertiary/aromatic N) is 1. The average Bonchev–Trinajstić information content (AvgIpc) is 3.06. The number of nitrogens with one attached hydrogen (secondary N) is 1. The second-order valence-corrected chi connectivity index (χ2v) is 5.25. The highest BCUT2D eigenvalue weighted by Gasteiger charge is 2.29. The minimum atomic E-state index is -0.211. The first-order chi connectivity index (χ1) is 10.7. The molecule has 1 fully saturated rings. The van der Waals surface area contributed by atoms with Gasteiger partial charge in [-0.1, -0.05) is 0 Å². The highest BCUT2D eigenvalue weighted by atomic mass is 16.5. The lowest BCUT2D eigenvalue weighted by Crippen LogP contribution is -2.51. The van der Waals surface area contributed by atoms with Crippen LogP contribution in [0.1, 0.15) is 22.5 Å². The number of aromatic nitrogens is 1. The molecule has 3 rings (SSSR count). The largest absolute Gasteiger partial charge is 0.486 e. The van der Waals surface area contributed by atoms with E-state index in [0.717, 1.165) is 5.69 Å². The molecule has 0 aromatic carbocycles. The Labute approximate surface area is 128 Å². The van der Waals surface area contributed by atoms with Crippen LogP contribution in [0.15, 0.2) is 41.3 Å². The Bertz CT molecular complexity index is 610. The Balaban J connectivity index is 1.65. The summed E-state index contributed by atoms with van der Waals surface area (Å²) in [7, 11) is 0. The first-order valence-electron chi connectivity index (χ1n) is 7.22. The standard InChI is InChI=1S/C16H18N2O4/c1-11-2-3-13(8-17-11)22-15-5-7-21-10-14(15)18-16(19)12-4-6-20-9-12/h2-4,6,8-9,14-15H,5,7,10H2,1H3,(H,18,19)/t14-,15+/m1/s1. The summed E-state index contributed by atoms with van der Waals surface area (Å²) in [5, 5.41) is 2.93. The van der Waals surface area contributed by atoms with Gasteiger partial charge in [-0.15, -0.1) is 0 Å². The highest BCUT2D eigenvalue weighted by Crippen LogP contribution is 2.18. The molecule has 0 saturated carbocycles. The van der Waals surface area contributed by atoms with Gasteiger partial charge in [-0.05, 0) is 25.1 Å². The molecule has 22 heavy (non-hydrogen) atoms. The van der Waals surface area contributed by atoms with Crippen molar-refractivity contribution in [2.24, 2.45) is 0 Å². The second kappa shape index (κ2) is 6.62. The van der Waals surface area contributed by atoms with E-state index >= 15 is 0 Å². The molecule has 0 radical (unpaired) electrons. The summed E-state index contributed by atoms with van der Waals surface area (Å²) >= 11 is 0. The van der Waals surface area contributed by atoms with E-state index in [1.165, 1.54) is 12.5 Å². The van der Waals surface area contributed by atoms with Crippen molar-refractivity contribution < 1.29 is 18.7 Å². The van der Waals surface area contributed by atoms with Crippen LogP contribution in [0.2, 0.25) is 0 Å². The summed E-state index contributed by atoms with van der Waals surface area (Å²) in [6, 6.07) is 5.19. The van der Waals surface area contributed by atoms with Gasteiger partial charge in [0.1, 0.15) is 18.1 Å². The fourth-order valence-electron chi connectivity index (χ4n) is 2.34. The quantitative estimate of drug-likeness (QED) is 0.934. The Morgan fingerprint density at radius 3 is 3.05 bits per heavy atom. The average molecular weight is 302 g/mol. The van der Waals surface area contributed by atoms with Crippen LogP contribution in [0.5, 0.6) is 5.75 Å². The lowest BCUT2D eigenvalue weighted by molar-refractivity contribution is -0.00302. The predicted octanol–water partition coefficient (Wildman–Crippen LogP) is 1.95. The van der Waals surface area contributed by atoms with Gasteiger partial charge in [-0.25, -0.2) is 0 Å². The number of carbonyl (C=O) groups excluding carboxylic acids is 1. The van der Waals surface area contributed by atoms with E-state index in [9.17, 15) is 4.79 Å². The smallest absolute Gasteiger partial charge is 0.254 e. The second-order valence-electron chi connectivity index (χ2n) is 5.25. The molecule has 3 heterocycles. The number of aryl methyl sites for hydroxylation is 1. The maximum absolute atomic E-state index is 12.1. The van der Waals surface area contributed by atoms with E-state index in [1.54, 1.807) is 12.3 Å². The van der Waals surface area contributed by atoms with Crippen molar-refractivity contribution in [3.63, 3.8) is 0 Å². The normalized spacial score (nSPS) is 21.3. The number of carbonyl (C=O) groups is 1. The summed E-state index contributed by atoms with van der Waals surface area (Å²) in [5.41, 5.74) is 1.42. The third kappa shape index (κ3) is 3.46. The van der Waals surface area contributed by atoms with Crippen LogP contribution in [0.4, 0.5) is 0 Å². The van der Waals surface area contributed by atoms with Crippen LogP contribution in [0.25, 0.3) is 0 Å². The first kappa shape index (κ1) is 14.6. The van der Waals surface area contributed by atoms with E-state index in [1.807, 2.05) is 19.1 Å². The van der Waals surface area contributed by atoms with Gasteiger partial charge in [0.05, 0.1) is 37.3 Å².